The zero-order chi connectivity index (χ0) is 23.0. The van der Waals surface area contributed by atoms with Crippen molar-refractivity contribution in [1.29, 1.82) is 0 Å². The Bertz CT molecular complexity index is 980. The summed E-state index contributed by atoms with van der Waals surface area (Å²) in [6.45, 7) is 7.05. The predicted molar refractivity (Wildman–Crippen MR) is 139 cm³/mol. The first-order valence-corrected chi connectivity index (χ1v) is 13.6. The van der Waals surface area contributed by atoms with E-state index in [9.17, 15) is 5.11 Å². The van der Waals surface area contributed by atoms with Crippen LogP contribution in [0.2, 0.25) is 0 Å². The summed E-state index contributed by atoms with van der Waals surface area (Å²) in [5, 5.41) is 11.4. The first-order valence-electron chi connectivity index (χ1n) is 12.7. The second kappa shape index (κ2) is 9.77. The second-order valence-corrected chi connectivity index (χ2v) is 11.8. The highest BCUT2D eigenvalue weighted by Crippen LogP contribution is 2.39. The van der Waals surface area contributed by atoms with Crippen LogP contribution in [0.3, 0.4) is 0 Å². The van der Waals surface area contributed by atoms with Gasteiger partial charge in [-0.15, -0.1) is 0 Å². The maximum absolute atomic E-state index is 11.4. The summed E-state index contributed by atoms with van der Waals surface area (Å²) in [5.41, 5.74) is 7.46. The average Bonchev–Trinajstić information content (AvgIpc) is 3.02. The Labute approximate surface area is 206 Å². The number of allylic oxidation sites excluding steroid dienone is 4. The molecule has 0 spiro atoms. The number of aliphatic hydroxyl groups is 1. The summed E-state index contributed by atoms with van der Waals surface area (Å²) in [6, 6.07) is 6.45. The molecule has 2 aliphatic carbocycles. The summed E-state index contributed by atoms with van der Waals surface area (Å²) >= 11 is 3.75. The smallest absolute Gasteiger partial charge is 0.203 e. The van der Waals surface area contributed by atoms with Gasteiger partial charge in [-0.3, -0.25) is 4.99 Å². The lowest BCUT2D eigenvalue weighted by molar-refractivity contribution is -0.182. The number of halogens is 1. The Kier molecular flexibility index (Phi) is 6.95. The molecule has 0 radical (unpaired) electrons. The SMILES string of the molecule is Cc1ccc2c(c1)N=C(C(C)(O)O[C@H]1CCCN(C[C@H]3CC4=C(CC(Br)C=C4)C3)C1)CCC2. The van der Waals surface area contributed by atoms with Crippen molar-refractivity contribution in [2.45, 2.75) is 81.9 Å². The number of hydrogen-bond donors (Lipinski definition) is 1. The zero-order valence-electron chi connectivity index (χ0n) is 20.0. The molecule has 1 N–H and O–H groups in total. The number of ether oxygens (including phenoxy) is 1. The fourth-order valence-corrected chi connectivity index (χ4v) is 6.61. The van der Waals surface area contributed by atoms with Crippen LogP contribution >= 0.6 is 15.9 Å². The lowest BCUT2D eigenvalue weighted by Crippen LogP contribution is -2.48. The zero-order valence-corrected chi connectivity index (χ0v) is 21.6. The normalized spacial score (nSPS) is 29.8. The van der Waals surface area contributed by atoms with Gasteiger partial charge in [0.05, 0.1) is 17.5 Å². The van der Waals surface area contributed by atoms with Crippen LogP contribution in [-0.4, -0.2) is 52.1 Å². The van der Waals surface area contributed by atoms with Crippen LogP contribution in [-0.2, 0) is 11.2 Å². The second-order valence-electron chi connectivity index (χ2n) is 10.7. The van der Waals surface area contributed by atoms with Gasteiger partial charge in [-0.1, -0.05) is 45.8 Å². The fourth-order valence-electron chi connectivity index (χ4n) is 6.07. The van der Waals surface area contributed by atoms with E-state index < -0.39 is 5.79 Å². The molecule has 4 atom stereocenters. The third-order valence-electron chi connectivity index (χ3n) is 7.71. The van der Waals surface area contributed by atoms with E-state index in [2.05, 4.69) is 58.1 Å². The molecule has 4 aliphatic rings. The minimum Gasteiger partial charge on any atom is -0.361 e. The highest BCUT2D eigenvalue weighted by molar-refractivity contribution is 9.09. The Hall–Kier alpha value is -1.27. The number of likely N-dealkylation sites (tertiary alicyclic amines) is 1. The van der Waals surface area contributed by atoms with Crippen molar-refractivity contribution in [3.63, 3.8) is 0 Å². The van der Waals surface area contributed by atoms with E-state index in [0.717, 1.165) is 63.1 Å². The number of rotatable bonds is 5. The van der Waals surface area contributed by atoms with Gasteiger partial charge >= 0.3 is 0 Å². The van der Waals surface area contributed by atoms with Crippen molar-refractivity contribution < 1.29 is 9.84 Å². The minimum absolute atomic E-state index is 0.0486. The molecule has 1 saturated heterocycles. The van der Waals surface area contributed by atoms with Gasteiger partial charge < -0.3 is 14.7 Å². The number of alkyl halides is 1. The third kappa shape index (κ3) is 5.53. The Balaban J connectivity index is 1.20. The molecule has 0 aromatic heterocycles. The number of piperidine rings is 1. The van der Waals surface area contributed by atoms with Crippen molar-refractivity contribution in [1.82, 2.24) is 4.90 Å². The molecule has 1 aromatic carbocycles. The molecule has 178 valence electrons. The van der Waals surface area contributed by atoms with E-state index in [1.165, 1.54) is 30.4 Å². The fraction of sp³-hybridized carbons (Fsp3) is 0.607. The van der Waals surface area contributed by atoms with E-state index in [1.807, 2.05) is 0 Å². The average molecular weight is 514 g/mol. The van der Waals surface area contributed by atoms with Gasteiger partial charge in [0, 0.05) is 17.9 Å². The molecule has 4 nitrogen and oxygen atoms in total. The van der Waals surface area contributed by atoms with E-state index in [0.29, 0.717) is 10.7 Å². The molecule has 2 heterocycles. The number of nitrogens with zero attached hydrogens (tertiary/aromatic N) is 2. The highest BCUT2D eigenvalue weighted by atomic mass is 79.9. The Morgan fingerprint density at radius 2 is 2.09 bits per heavy atom. The topological polar surface area (TPSA) is 45.1 Å². The third-order valence-corrected chi connectivity index (χ3v) is 8.34. The highest BCUT2D eigenvalue weighted by Gasteiger charge is 2.35. The number of aryl methyl sites for hydroxylation is 2. The lowest BCUT2D eigenvalue weighted by atomic mass is 9.99. The van der Waals surface area contributed by atoms with Crippen LogP contribution in [0.4, 0.5) is 5.69 Å². The quantitative estimate of drug-likeness (QED) is 0.387. The molecular formula is C28H37BrN2O2. The van der Waals surface area contributed by atoms with Gasteiger partial charge in [0.1, 0.15) is 0 Å². The molecule has 2 unspecified atom stereocenters. The molecule has 1 aromatic rings. The van der Waals surface area contributed by atoms with Gasteiger partial charge in [0.25, 0.3) is 0 Å². The molecule has 5 rings (SSSR count). The first kappa shape index (κ1) is 23.5. The predicted octanol–water partition coefficient (Wildman–Crippen LogP) is 6.02. The van der Waals surface area contributed by atoms with Gasteiger partial charge in [-0.2, -0.15) is 0 Å². The van der Waals surface area contributed by atoms with Crippen LogP contribution in [0.1, 0.15) is 63.0 Å². The van der Waals surface area contributed by atoms with E-state index in [1.54, 1.807) is 18.1 Å². The Morgan fingerprint density at radius 1 is 1.21 bits per heavy atom. The van der Waals surface area contributed by atoms with Crippen LogP contribution in [0.5, 0.6) is 0 Å². The van der Waals surface area contributed by atoms with E-state index >= 15 is 0 Å². The van der Waals surface area contributed by atoms with Crippen molar-refractivity contribution in [2.24, 2.45) is 10.9 Å². The summed E-state index contributed by atoms with van der Waals surface area (Å²) in [4.78, 5) is 7.97. The van der Waals surface area contributed by atoms with Gasteiger partial charge in [-0.05, 0) is 100 Å². The Morgan fingerprint density at radius 3 is 2.97 bits per heavy atom. The largest absolute Gasteiger partial charge is 0.361 e. The summed E-state index contributed by atoms with van der Waals surface area (Å²) < 4.78 is 6.38. The molecule has 33 heavy (non-hydrogen) atoms. The van der Waals surface area contributed by atoms with Gasteiger partial charge in [-0.25, -0.2) is 0 Å². The first-order chi connectivity index (χ1) is 15.9. The monoisotopic (exact) mass is 512 g/mol. The van der Waals surface area contributed by atoms with Crippen LogP contribution in [0.15, 0.2) is 46.5 Å². The van der Waals surface area contributed by atoms with Crippen LogP contribution < -0.4 is 0 Å². The molecular weight excluding hydrogens is 476 g/mol. The molecule has 5 heteroatoms. The lowest BCUT2D eigenvalue weighted by Gasteiger charge is -2.38. The maximum Gasteiger partial charge on any atom is 0.203 e. The standard InChI is InChI=1S/C28H37BrN2O2/c1-19-8-9-21-5-3-7-27(30-26(21)13-19)28(2,32)33-25-6-4-12-31(18-25)17-20-14-22-10-11-24(29)16-23(22)15-20/h8-11,13,20,24-25,32H,3-7,12,14-18H2,1-2H3/t20-,24?,25-,28?/m0/s1. The van der Waals surface area contributed by atoms with Gasteiger partial charge in [0.15, 0.2) is 0 Å². The van der Waals surface area contributed by atoms with Crippen molar-refractivity contribution in [3.05, 3.63) is 52.6 Å². The summed E-state index contributed by atoms with van der Waals surface area (Å²) in [6.07, 6.45) is 13.2. The van der Waals surface area contributed by atoms with E-state index in [-0.39, 0.29) is 6.10 Å². The summed E-state index contributed by atoms with van der Waals surface area (Å²) in [7, 11) is 0. The van der Waals surface area contributed by atoms with Crippen LogP contribution in [0, 0.1) is 12.8 Å². The number of hydrogen-bond acceptors (Lipinski definition) is 4. The molecule has 0 amide bonds. The van der Waals surface area contributed by atoms with Crippen LogP contribution in [0.25, 0.3) is 0 Å². The summed E-state index contributed by atoms with van der Waals surface area (Å²) in [5.74, 6) is -0.606. The molecule has 2 aliphatic heterocycles. The number of fused-ring (bicyclic) bond motifs is 1. The van der Waals surface area contributed by atoms with Gasteiger partial charge in [0.2, 0.25) is 5.79 Å². The molecule has 0 saturated carbocycles. The number of benzene rings is 1. The minimum atomic E-state index is -1.32. The molecule has 1 fully saturated rings. The molecule has 0 bridgehead atoms. The van der Waals surface area contributed by atoms with E-state index in [4.69, 9.17) is 9.73 Å². The maximum atomic E-state index is 11.4. The van der Waals surface area contributed by atoms with Crippen molar-refractivity contribution in [3.8, 4) is 0 Å². The van der Waals surface area contributed by atoms with Crippen molar-refractivity contribution >= 4 is 27.3 Å². The van der Waals surface area contributed by atoms with Crippen molar-refractivity contribution in [2.75, 3.05) is 19.6 Å². The number of aliphatic imine (C=N–C) groups is 1.